The molecule has 1 aromatic heterocycles. The maximum atomic E-state index is 12.2. The number of furan rings is 1. The Hall–Kier alpha value is -2.28. The molecule has 2 aromatic carbocycles. The highest BCUT2D eigenvalue weighted by Gasteiger charge is 2.12. The second-order valence-corrected chi connectivity index (χ2v) is 8.00. The zero-order valence-electron chi connectivity index (χ0n) is 13.6. The van der Waals surface area contributed by atoms with Crippen LogP contribution >= 0.6 is 23.2 Å². The van der Waals surface area contributed by atoms with Gasteiger partial charge in [0.2, 0.25) is 0 Å². The molecule has 0 saturated carbocycles. The smallest absolute Gasteiger partial charge is 0.276 e. The van der Waals surface area contributed by atoms with Gasteiger partial charge in [0.1, 0.15) is 11.5 Å². The van der Waals surface area contributed by atoms with Gasteiger partial charge in [-0.3, -0.25) is 0 Å². The van der Waals surface area contributed by atoms with Gasteiger partial charge in [-0.1, -0.05) is 40.9 Å². The molecule has 0 aliphatic carbocycles. The normalized spacial score (nSPS) is 11.8. The van der Waals surface area contributed by atoms with Crippen LogP contribution in [0.4, 0.5) is 0 Å². The summed E-state index contributed by atoms with van der Waals surface area (Å²) in [6.07, 6.45) is 1.27. The lowest BCUT2D eigenvalue weighted by Crippen LogP contribution is -2.18. The second-order valence-electron chi connectivity index (χ2n) is 5.49. The van der Waals surface area contributed by atoms with Crippen molar-refractivity contribution >= 4 is 39.4 Å². The van der Waals surface area contributed by atoms with Crippen molar-refractivity contribution in [1.82, 2.24) is 4.83 Å². The van der Waals surface area contributed by atoms with Gasteiger partial charge in [-0.05, 0) is 49.4 Å². The van der Waals surface area contributed by atoms with Gasteiger partial charge in [-0.2, -0.15) is 18.4 Å². The molecule has 1 heterocycles. The molecular weight excluding hydrogens is 395 g/mol. The maximum absolute atomic E-state index is 12.2. The summed E-state index contributed by atoms with van der Waals surface area (Å²) in [4.78, 5) is 2.28. The quantitative estimate of drug-likeness (QED) is 0.483. The van der Waals surface area contributed by atoms with E-state index in [1.165, 1.54) is 18.3 Å². The van der Waals surface area contributed by atoms with Gasteiger partial charge in [0.25, 0.3) is 10.0 Å². The minimum atomic E-state index is -3.73. The van der Waals surface area contributed by atoms with E-state index in [0.717, 1.165) is 5.56 Å². The average molecular weight is 409 g/mol. The van der Waals surface area contributed by atoms with Crippen LogP contribution in [0.5, 0.6) is 0 Å². The maximum Gasteiger partial charge on any atom is 0.276 e. The number of halogens is 2. The fourth-order valence-corrected chi connectivity index (χ4v) is 3.36. The molecule has 8 heteroatoms. The van der Waals surface area contributed by atoms with E-state index in [1.807, 2.05) is 6.92 Å². The lowest BCUT2D eigenvalue weighted by molar-refractivity contribution is 0.573. The molecule has 3 aromatic rings. The lowest BCUT2D eigenvalue weighted by Gasteiger charge is -2.03. The van der Waals surface area contributed by atoms with Crippen molar-refractivity contribution in [3.8, 4) is 11.3 Å². The van der Waals surface area contributed by atoms with E-state index in [9.17, 15) is 8.42 Å². The molecule has 1 N–H and O–H groups in total. The summed E-state index contributed by atoms with van der Waals surface area (Å²) in [6.45, 7) is 1.88. The van der Waals surface area contributed by atoms with E-state index in [4.69, 9.17) is 27.6 Å². The number of nitrogens with zero attached hydrogens (tertiary/aromatic N) is 1. The van der Waals surface area contributed by atoms with Gasteiger partial charge in [0.05, 0.1) is 16.1 Å². The molecule has 0 amide bonds. The van der Waals surface area contributed by atoms with Crippen molar-refractivity contribution in [3.63, 3.8) is 0 Å². The van der Waals surface area contributed by atoms with E-state index in [0.29, 0.717) is 27.1 Å². The molecule has 0 fully saturated rings. The molecule has 3 rings (SSSR count). The molecule has 0 radical (unpaired) electrons. The number of benzene rings is 2. The van der Waals surface area contributed by atoms with Crippen LogP contribution in [0, 0.1) is 6.92 Å². The Kier molecular flexibility index (Phi) is 5.36. The molecule has 0 unspecified atom stereocenters. The number of hydrazone groups is 1. The Bertz CT molecular complexity index is 1060. The number of aryl methyl sites for hydroxylation is 1. The molecule has 0 bridgehead atoms. The van der Waals surface area contributed by atoms with Crippen LogP contribution < -0.4 is 4.83 Å². The predicted octanol–water partition coefficient (Wildman–Crippen LogP) is 4.87. The van der Waals surface area contributed by atoms with Crippen LogP contribution in [-0.2, 0) is 10.0 Å². The van der Waals surface area contributed by atoms with Gasteiger partial charge in [-0.25, -0.2) is 0 Å². The van der Waals surface area contributed by atoms with Gasteiger partial charge in [0, 0.05) is 10.6 Å². The summed E-state index contributed by atoms with van der Waals surface area (Å²) in [5.41, 5.74) is 1.61. The first-order chi connectivity index (χ1) is 12.3. The van der Waals surface area contributed by atoms with Crippen molar-refractivity contribution in [1.29, 1.82) is 0 Å². The molecule has 0 saturated heterocycles. The molecule has 0 aliphatic heterocycles. The monoisotopic (exact) mass is 408 g/mol. The SMILES string of the molecule is Cc1ccc(S(=O)(=O)NN=Cc2ccc(-c3cc(Cl)ccc3Cl)o2)cc1. The van der Waals surface area contributed by atoms with Crippen molar-refractivity contribution in [2.75, 3.05) is 0 Å². The summed E-state index contributed by atoms with van der Waals surface area (Å²) in [6, 6.07) is 14.8. The molecule has 134 valence electrons. The summed E-state index contributed by atoms with van der Waals surface area (Å²) in [5, 5.41) is 4.77. The first-order valence-electron chi connectivity index (χ1n) is 7.52. The Morgan fingerprint density at radius 1 is 1.04 bits per heavy atom. The third-order valence-electron chi connectivity index (χ3n) is 3.52. The molecule has 0 aliphatic rings. The fourth-order valence-electron chi connectivity index (χ4n) is 2.18. The minimum absolute atomic E-state index is 0.131. The molecule has 0 spiro atoms. The number of hydrogen-bond donors (Lipinski definition) is 1. The number of sulfonamides is 1. The van der Waals surface area contributed by atoms with Crippen LogP contribution in [0.1, 0.15) is 11.3 Å². The highest BCUT2D eigenvalue weighted by Crippen LogP contribution is 2.31. The minimum Gasteiger partial charge on any atom is -0.455 e. The Labute approximate surface area is 161 Å². The Morgan fingerprint density at radius 2 is 1.77 bits per heavy atom. The third-order valence-corrected chi connectivity index (χ3v) is 5.32. The predicted molar refractivity (Wildman–Crippen MR) is 103 cm³/mol. The second kappa shape index (κ2) is 7.53. The van der Waals surface area contributed by atoms with Crippen LogP contribution in [0.15, 0.2) is 69.0 Å². The molecule has 0 atom stereocenters. The standard InChI is InChI=1S/C18H14Cl2N2O3S/c1-12-2-6-15(7-3-12)26(23,24)22-21-11-14-5-9-18(25-14)16-10-13(19)4-8-17(16)20/h2-11,22H,1H3. The first kappa shape index (κ1) is 18.5. The Morgan fingerprint density at radius 3 is 2.50 bits per heavy atom. The van der Waals surface area contributed by atoms with Gasteiger partial charge < -0.3 is 4.42 Å². The summed E-state index contributed by atoms with van der Waals surface area (Å²) in [7, 11) is -3.73. The van der Waals surface area contributed by atoms with Crippen LogP contribution in [0.3, 0.4) is 0 Å². The average Bonchev–Trinajstić information content (AvgIpc) is 3.06. The van der Waals surface area contributed by atoms with Crippen LogP contribution in [0.25, 0.3) is 11.3 Å². The number of hydrogen-bond acceptors (Lipinski definition) is 4. The van der Waals surface area contributed by atoms with E-state index in [2.05, 4.69) is 9.93 Å². The Balaban J connectivity index is 1.75. The van der Waals surface area contributed by atoms with E-state index in [1.54, 1.807) is 42.5 Å². The number of nitrogens with one attached hydrogen (secondary N) is 1. The van der Waals surface area contributed by atoms with Gasteiger partial charge in [-0.15, -0.1) is 0 Å². The summed E-state index contributed by atoms with van der Waals surface area (Å²) in [5.74, 6) is 0.864. The molecule has 26 heavy (non-hydrogen) atoms. The van der Waals surface area contributed by atoms with E-state index >= 15 is 0 Å². The van der Waals surface area contributed by atoms with E-state index < -0.39 is 10.0 Å². The molecular formula is C18H14Cl2N2O3S. The van der Waals surface area contributed by atoms with Crippen LogP contribution in [0.2, 0.25) is 10.0 Å². The van der Waals surface area contributed by atoms with Crippen molar-refractivity contribution < 1.29 is 12.8 Å². The van der Waals surface area contributed by atoms with E-state index in [-0.39, 0.29) is 4.90 Å². The fraction of sp³-hybridized carbons (Fsp3) is 0.0556. The van der Waals surface area contributed by atoms with Gasteiger partial charge in [0.15, 0.2) is 0 Å². The zero-order chi connectivity index (χ0) is 18.7. The lowest BCUT2D eigenvalue weighted by atomic mass is 10.2. The van der Waals surface area contributed by atoms with Crippen molar-refractivity contribution in [2.24, 2.45) is 5.10 Å². The number of rotatable bonds is 5. The van der Waals surface area contributed by atoms with Crippen molar-refractivity contribution in [2.45, 2.75) is 11.8 Å². The third kappa shape index (κ3) is 4.27. The topological polar surface area (TPSA) is 71.7 Å². The van der Waals surface area contributed by atoms with Gasteiger partial charge >= 0.3 is 0 Å². The first-order valence-corrected chi connectivity index (χ1v) is 9.76. The van der Waals surface area contributed by atoms with Crippen LogP contribution in [-0.4, -0.2) is 14.6 Å². The zero-order valence-corrected chi connectivity index (χ0v) is 15.9. The van der Waals surface area contributed by atoms with Crippen molar-refractivity contribution in [3.05, 3.63) is 76.0 Å². The highest BCUT2D eigenvalue weighted by atomic mass is 35.5. The summed E-state index contributed by atoms with van der Waals surface area (Å²) >= 11 is 12.1. The highest BCUT2D eigenvalue weighted by molar-refractivity contribution is 7.89. The summed E-state index contributed by atoms with van der Waals surface area (Å²) < 4.78 is 29.9. The molecule has 5 nitrogen and oxygen atoms in total. The largest absolute Gasteiger partial charge is 0.455 e.